The van der Waals surface area contributed by atoms with E-state index in [2.05, 4.69) is 29.3 Å². The van der Waals surface area contributed by atoms with Gasteiger partial charge < -0.3 is 5.01 Å². The van der Waals surface area contributed by atoms with Gasteiger partial charge in [0.05, 0.1) is 6.04 Å². The van der Waals surface area contributed by atoms with Gasteiger partial charge in [0.1, 0.15) is 5.78 Å². The quantitative estimate of drug-likeness (QED) is 0.575. The van der Waals surface area contributed by atoms with Gasteiger partial charge in [-0.3, -0.25) is 4.79 Å². The van der Waals surface area contributed by atoms with Gasteiger partial charge in [0.15, 0.2) is 0 Å². The SMILES string of the molecule is CN1CC=CN1C1CCC(=O)C1. The molecule has 1 aliphatic heterocycles. The van der Waals surface area contributed by atoms with Crippen molar-refractivity contribution >= 4 is 5.78 Å². The molecule has 0 saturated heterocycles. The molecule has 0 amide bonds. The molecule has 1 saturated carbocycles. The summed E-state index contributed by atoms with van der Waals surface area (Å²) in [6.07, 6.45) is 6.73. The molecule has 3 nitrogen and oxygen atoms in total. The zero-order valence-electron chi connectivity index (χ0n) is 7.36. The van der Waals surface area contributed by atoms with Gasteiger partial charge >= 0.3 is 0 Å². The Balaban J connectivity index is 2.00. The Morgan fingerprint density at radius 2 is 2.42 bits per heavy atom. The van der Waals surface area contributed by atoms with E-state index in [9.17, 15) is 4.79 Å². The summed E-state index contributed by atoms with van der Waals surface area (Å²) >= 11 is 0. The van der Waals surface area contributed by atoms with E-state index >= 15 is 0 Å². The van der Waals surface area contributed by atoms with Crippen molar-refractivity contribution in [3.05, 3.63) is 12.3 Å². The molecule has 1 atom stereocenters. The lowest BCUT2D eigenvalue weighted by molar-refractivity contribution is -0.117. The third kappa shape index (κ3) is 1.25. The second kappa shape index (κ2) is 2.90. The van der Waals surface area contributed by atoms with E-state index in [0.29, 0.717) is 11.8 Å². The standard InChI is InChI=1S/C9H14N2O/c1-10-5-2-6-11(10)8-3-4-9(12)7-8/h2,6,8H,3-5,7H2,1H3. The van der Waals surface area contributed by atoms with Crippen molar-refractivity contribution in [1.29, 1.82) is 0 Å². The molecule has 0 spiro atoms. The molecule has 12 heavy (non-hydrogen) atoms. The van der Waals surface area contributed by atoms with Gasteiger partial charge in [0.25, 0.3) is 0 Å². The van der Waals surface area contributed by atoms with Crippen molar-refractivity contribution in [3.63, 3.8) is 0 Å². The fraction of sp³-hybridized carbons (Fsp3) is 0.667. The van der Waals surface area contributed by atoms with Crippen LogP contribution in [0.5, 0.6) is 0 Å². The predicted octanol–water partition coefficient (Wildman–Crippen LogP) is 0.784. The smallest absolute Gasteiger partial charge is 0.135 e. The normalized spacial score (nSPS) is 30.6. The van der Waals surface area contributed by atoms with Crippen LogP contribution in [0.3, 0.4) is 0 Å². The van der Waals surface area contributed by atoms with Gasteiger partial charge in [0.2, 0.25) is 0 Å². The maximum Gasteiger partial charge on any atom is 0.135 e. The molecule has 1 heterocycles. The highest BCUT2D eigenvalue weighted by Crippen LogP contribution is 2.23. The number of carbonyl (C=O) groups is 1. The molecule has 0 bridgehead atoms. The summed E-state index contributed by atoms with van der Waals surface area (Å²) in [5.74, 6) is 0.411. The summed E-state index contributed by atoms with van der Waals surface area (Å²) in [5, 5.41) is 4.34. The second-order valence-electron chi connectivity index (χ2n) is 3.54. The number of rotatable bonds is 1. The average molecular weight is 166 g/mol. The third-order valence-corrected chi connectivity index (χ3v) is 2.62. The van der Waals surface area contributed by atoms with E-state index in [4.69, 9.17) is 0 Å². The monoisotopic (exact) mass is 166 g/mol. The number of likely N-dealkylation sites (N-methyl/N-ethyl adjacent to an activating group) is 1. The van der Waals surface area contributed by atoms with Crippen LogP contribution in [0.15, 0.2) is 12.3 Å². The van der Waals surface area contributed by atoms with Crippen LogP contribution in [0, 0.1) is 0 Å². The fourth-order valence-corrected chi connectivity index (χ4v) is 1.94. The van der Waals surface area contributed by atoms with Crippen LogP contribution < -0.4 is 0 Å². The Labute approximate surface area is 72.6 Å². The summed E-state index contributed by atoms with van der Waals surface area (Å²) in [6.45, 7) is 0.977. The van der Waals surface area contributed by atoms with Gasteiger partial charge in [-0.2, -0.15) is 0 Å². The van der Waals surface area contributed by atoms with E-state index in [1.807, 2.05) is 0 Å². The summed E-state index contributed by atoms with van der Waals surface area (Å²) in [4.78, 5) is 11.0. The molecule has 2 rings (SSSR count). The zero-order chi connectivity index (χ0) is 8.55. The molecule has 1 unspecified atom stereocenters. The Hall–Kier alpha value is -0.830. The van der Waals surface area contributed by atoms with Crippen molar-refractivity contribution in [2.45, 2.75) is 25.3 Å². The minimum atomic E-state index is 0.411. The van der Waals surface area contributed by atoms with Gasteiger partial charge in [-0.1, -0.05) is 6.08 Å². The highest BCUT2D eigenvalue weighted by molar-refractivity contribution is 5.81. The zero-order valence-corrected chi connectivity index (χ0v) is 7.36. The Kier molecular flexibility index (Phi) is 1.89. The van der Waals surface area contributed by atoms with E-state index in [0.717, 1.165) is 25.8 Å². The molecule has 1 aliphatic carbocycles. The van der Waals surface area contributed by atoms with Crippen molar-refractivity contribution in [3.8, 4) is 0 Å². The lowest BCUT2D eigenvalue weighted by atomic mass is 10.2. The predicted molar refractivity (Wildman–Crippen MR) is 46.3 cm³/mol. The number of ketones is 1. The Morgan fingerprint density at radius 1 is 1.58 bits per heavy atom. The van der Waals surface area contributed by atoms with E-state index < -0.39 is 0 Å². The molecular formula is C9H14N2O. The van der Waals surface area contributed by atoms with Crippen LogP contribution in [-0.4, -0.2) is 35.4 Å². The molecule has 3 heteroatoms. The number of Topliss-reactive ketones (excluding diaryl/α,β-unsaturated/α-hetero) is 1. The molecule has 1 fully saturated rings. The lowest BCUT2D eigenvalue weighted by Gasteiger charge is -2.30. The number of nitrogens with zero attached hydrogens (tertiary/aromatic N) is 2. The fourth-order valence-electron chi connectivity index (χ4n) is 1.94. The van der Waals surface area contributed by atoms with Gasteiger partial charge in [0, 0.05) is 32.6 Å². The summed E-state index contributed by atoms with van der Waals surface area (Å²) in [6, 6.07) is 0.432. The molecule has 0 aromatic heterocycles. The molecule has 0 aromatic rings. The van der Waals surface area contributed by atoms with Crippen LogP contribution in [0.25, 0.3) is 0 Å². The number of hydrazine groups is 1. The van der Waals surface area contributed by atoms with Crippen molar-refractivity contribution < 1.29 is 4.79 Å². The maximum absolute atomic E-state index is 11.0. The summed E-state index contributed by atoms with van der Waals surface area (Å²) in [7, 11) is 2.06. The molecule has 0 radical (unpaired) electrons. The minimum Gasteiger partial charge on any atom is -0.310 e. The molecule has 0 N–H and O–H groups in total. The first-order valence-electron chi connectivity index (χ1n) is 4.45. The third-order valence-electron chi connectivity index (χ3n) is 2.62. The molecule has 2 aliphatic rings. The van der Waals surface area contributed by atoms with Crippen molar-refractivity contribution in [2.75, 3.05) is 13.6 Å². The minimum absolute atomic E-state index is 0.411. The molecule has 0 aromatic carbocycles. The molecule has 66 valence electrons. The Morgan fingerprint density at radius 3 is 2.92 bits per heavy atom. The number of hydrogen-bond acceptors (Lipinski definition) is 3. The van der Waals surface area contributed by atoms with Gasteiger partial charge in [-0.15, -0.1) is 0 Å². The average Bonchev–Trinajstić information content (AvgIpc) is 2.58. The van der Waals surface area contributed by atoms with Crippen LogP contribution in [0.1, 0.15) is 19.3 Å². The van der Waals surface area contributed by atoms with E-state index in [1.165, 1.54) is 0 Å². The van der Waals surface area contributed by atoms with Crippen molar-refractivity contribution in [2.24, 2.45) is 0 Å². The molecular weight excluding hydrogens is 152 g/mol. The van der Waals surface area contributed by atoms with Crippen LogP contribution in [0.2, 0.25) is 0 Å². The van der Waals surface area contributed by atoms with E-state index in [1.54, 1.807) is 0 Å². The Bertz CT molecular complexity index is 225. The summed E-state index contributed by atoms with van der Waals surface area (Å²) < 4.78 is 0. The first kappa shape index (κ1) is 7.80. The summed E-state index contributed by atoms with van der Waals surface area (Å²) in [5.41, 5.74) is 0. The van der Waals surface area contributed by atoms with Gasteiger partial charge in [-0.25, -0.2) is 5.01 Å². The highest BCUT2D eigenvalue weighted by atomic mass is 16.1. The lowest BCUT2D eigenvalue weighted by Crippen LogP contribution is -2.38. The first-order valence-corrected chi connectivity index (χ1v) is 4.45. The van der Waals surface area contributed by atoms with Crippen LogP contribution >= 0.6 is 0 Å². The largest absolute Gasteiger partial charge is 0.310 e. The van der Waals surface area contributed by atoms with Crippen LogP contribution in [0.4, 0.5) is 0 Å². The van der Waals surface area contributed by atoms with E-state index in [-0.39, 0.29) is 0 Å². The van der Waals surface area contributed by atoms with Gasteiger partial charge in [-0.05, 0) is 6.42 Å². The second-order valence-corrected chi connectivity index (χ2v) is 3.54. The van der Waals surface area contributed by atoms with Crippen LogP contribution in [-0.2, 0) is 4.79 Å². The first-order chi connectivity index (χ1) is 5.77. The topological polar surface area (TPSA) is 23.6 Å². The number of carbonyl (C=O) groups excluding carboxylic acids is 1. The van der Waals surface area contributed by atoms with Crippen molar-refractivity contribution in [1.82, 2.24) is 10.0 Å². The highest BCUT2D eigenvalue weighted by Gasteiger charge is 2.29. The number of hydrogen-bond donors (Lipinski definition) is 0. The maximum atomic E-state index is 11.0.